The highest BCUT2D eigenvalue weighted by molar-refractivity contribution is 5.49. The largest absolute Gasteiger partial charge is 0.508 e. The van der Waals surface area contributed by atoms with Crippen molar-refractivity contribution in [3.05, 3.63) is 47.6 Å². The van der Waals surface area contributed by atoms with Crippen LogP contribution in [0.25, 0.3) is 0 Å². The van der Waals surface area contributed by atoms with E-state index in [2.05, 4.69) is 26.5 Å². The smallest absolute Gasteiger partial charge is 0.123 e. The summed E-state index contributed by atoms with van der Waals surface area (Å²) in [6.45, 7) is 9.61. The Morgan fingerprint density at radius 2 is 1.96 bits per heavy atom. The fourth-order valence-electron chi connectivity index (χ4n) is 3.22. The fraction of sp³-hybridized carbons (Fsp3) is 0.524. The first-order valence-electron chi connectivity index (χ1n) is 8.82. The minimum Gasteiger partial charge on any atom is -0.508 e. The van der Waals surface area contributed by atoms with Crippen LogP contribution in [0.5, 0.6) is 11.5 Å². The molecule has 2 rings (SSSR count). The number of phenolic OH excluding ortho intramolecular Hbond substituents is 2. The molecule has 0 heterocycles. The monoisotopic (exact) mass is 316 g/mol. The van der Waals surface area contributed by atoms with Crippen molar-refractivity contribution >= 4 is 0 Å². The number of hydrogen-bond donors (Lipinski definition) is 2. The maximum Gasteiger partial charge on any atom is 0.123 e. The Morgan fingerprint density at radius 1 is 1.26 bits per heavy atom. The van der Waals surface area contributed by atoms with Gasteiger partial charge in [0.15, 0.2) is 0 Å². The lowest BCUT2D eigenvalue weighted by molar-refractivity contribution is 0.439. The lowest BCUT2D eigenvalue weighted by Gasteiger charge is -2.23. The van der Waals surface area contributed by atoms with Gasteiger partial charge in [-0.2, -0.15) is 0 Å². The fourth-order valence-corrected chi connectivity index (χ4v) is 3.22. The predicted octanol–water partition coefficient (Wildman–Crippen LogP) is 6.24. The van der Waals surface area contributed by atoms with Crippen molar-refractivity contribution in [1.29, 1.82) is 0 Å². The van der Waals surface area contributed by atoms with Gasteiger partial charge in [-0.05, 0) is 57.6 Å². The molecule has 0 amide bonds. The van der Waals surface area contributed by atoms with Crippen LogP contribution in [0.2, 0.25) is 0 Å². The van der Waals surface area contributed by atoms with Crippen molar-refractivity contribution in [2.45, 2.75) is 71.6 Å². The van der Waals surface area contributed by atoms with Gasteiger partial charge in [0.1, 0.15) is 11.5 Å². The Morgan fingerprint density at radius 3 is 2.57 bits per heavy atom. The summed E-state index contributed by atoms with van der Waals surface area (Å²) in [5, 5.41) is 20.0. The Kier molecular flexibility index (Phi) is 8.53. The minimum absolute atomic E-state index is 0.175. The molecule has 23 heavy (non-hydrogen) atoms. The number of rotatable bonds is 5. The molecule has 1 aliphatic carbocycles. The Labute approximate surface area is 141 Å². The summed E-state index contributed by atoms with van der Waals surface area (Å²) in [5.74, 6) is 0.739. The summed E-state index contributed by atoms with van der Waals surface area (Å²) in [4.78, 5) is 0. The number of allylic oxidation sites excluding steroid dienone is 3. The number of hydrogen-bond acceptors (Lipinski definition) is 2. The zero-order valence-electron chi connectivity index (χ0n) is 14.9. The number of aromatic hydroxyl groups is 2. The van der Waals surface area contributed by atoms with Gasteiger partial charge in [-0.1, -0.05) is 37.5 Å². The van der Waals surface area contributed by atoms with Crippen molar-refractivity contribution in [2.75, 3.05) is 0 Å². The average Bonchev–Trinajstić information content (AvgIpc) is 2.47. The molecular formula is C21H32O2. The molecule has 0 aromatic heterocycles. The molecule has 0 saturated heterocycles. The lowest BCUT2D eigenvalue weighted by atomic mass is 9.82. The van der Waals surface area contributed by atoms with Gasteiger partial charge in [-0.3, -0.25) is 0 Å². The van der Waals surface area contributed by atoms with Crippen LogP contribution in [-0.4, -0.2) is 10.2 Å². The zero-order valence-corrected chi connectivity index (χ0v) is 14.9. The Balaban J connectivity index is 0.000000816. The van der Waals surface area contributed by atoms with E-state index in [0.717, 1.165) is 30.4 Å². The second kappa shape index (κ2) is 10.1. The van der Waals surface area contributed by atoms with Gasteiger partial charge >= 0.3 is 0 Å². The third-order valence-electron chi connectivity index (χ3n) is 4.22. The normalized spacial score (nSPS) is 17.0. The molecule has 2 nitrogen and oxygen atoms in total. The molecule has 0 aliphatic heterocycles. The molecule has 0 radical (unpaired) electrons. The van der Waals surface area contributed by atoms with Crippen LogP contribution in [0.3, 0.4) is 0 Å². The van der Waals surface area contributed by atoms with Crippen LogP contribution in [0.15, 0.2) is 36.4 Å². The van der Waals surface area contributed by atoms with E-state index in [1.807, 2.05) is 13.0 Å². The van der Waals surface area contributed by atoms with Crippen LogP contribution in [-0.2, 0) is 6.42 Å². The van der Waals surface area contributed by atoms with Crippen molar-refractivity contribution in [3.8, 4) is 11.5 Å². The second-order valence-electron chi connectivity index (χ2n) is 6.41. The van der Waals surface area contributed by atoms with E-state index in [4.69, 9.17) is 0 Å². The van der Waals surface area contributed by atoms with Gasteiger partial charge in [0.25, 0.3) is 0 Å². The quantitative estimate of drug-likeness (QED) is 0.499. The summed E-state index contributed by atoms with van der Waals surface area (Å²) in [5.41, 5.74) is 3.57. The van der Waals surface area contributed by atoms with Crippen LogP contribution >= 0.6 is 0 Å². The summed E-state index contributed by atoms with van der Waals surface area (Å²) in [6.07, 6.45) is 11.9. The lowest BCUT2D eigenvalue weighted by Crippen LogP contribution is -2.06. The molecule has 0 saturated carbocycles. The number of benzene rings is 1. The van der Waals surface area contributed by atoms with Gasteiger partial charge in [-0.25, -0.2) is 0 Å². The highest BCUT2D eigenvalue weighted by Crippen LogP contribution is 2.40. The van der Waals surface area contributed by atoms with E-state index in [1.54, 1.807) is 6.08 Å². The van der Waals surface area contributed by atoms with E-state index in [0.29, 0.717) is 5.92 Å². The molecule has 0 fully saturated rings. The first-order chi connectivity index (χ1) is 11.0. The van der Waals surface area contributed by atoms with Crippen LogP contribution in [0.1, 0.15) is 76.3 Å². The highest BCUT2D eigenvalue weighted by Gasteiger charge is 2.21. The first kappa shape index (κ1) is 19.3. The molecule has 1 aromatic carbocycles. The van der Waals surface area contributed by atoms with Crippen molar-refractivity contribution in [1.82, 2.24) is 0 Å². The van der Waals surface area contributed by atoms with Crippen molar-refractivity contribution < 1.29 is 10.2 Å². The Hall–Kier alpha value is -1.70. The number of aryl methyl sites for hydroxylation is 1. The van der Waals surface area contributed by atoms with E-state index in [-0.39, 0.29) is 11.5 Å². The van der Waals surface area contributed by atoms with Gasteiger partial charge in [0.2, 0.25) is 0 Å². The summed E-state index contributed by atoms with van der Waals surface area (Å²) in [6, 6.07) is 3.32. The maximum absolute atomic E-state index is 10.3. The molecule has 128 valence electrons. The Bertz CT molecular complexity index is 529. The van der Waals surface area contributed by atoms with E-state index < -0.39 is 0 Å². The average molecular weight is 316 g/mol. The zero-order chi connectivity index (χ0) is 17.2. The minimum atomic E-state index is 0.175. The maximum atomic E-state index is 10.3. The molecule has 1 aromatic rings. The third kappa shape index (κ3) is 6.13. The van der Waals surface area contributed by atoms with Crippen LogP contribution < -0.4 is 0 Å². The first-order valence-corrected chi connectivity index (χ1v) is 8.82. The number of unbranched alkanes of at least 4 members (excludes halogenated alkanes) is 2. The molecule has 0 bridgehead atoms. The highest BCUT2D eigenvalue weighted by atomic mass is 16.3. The van der Waals surface area contributed by atoms with Crippen LogP contribution in [0.4, 0.5) is 0 Å². The van der Waals surface area contributed by atoms with Crippen LogP contribution in [0, 0.1) is 0 Å². The van der Waals surface area contributed by atoms with E-state index >= 15 is 0 Å². The molecular weight excluding hydrogens is 284 g/mol. The summed E-state index contributed by atoms with van der Waals surface area (Å²) in [7, 11) is 0. The predicted molar refractivity (Wildman–Crippen MR) is 99.2 cm³/mol. The standard InChI is InChI=1S/C18H26O2.C3H6/c1-3-4-5-8-15-11-16(19)12-17(20)18(15)14-9-6-7-13(2)10-14;1-3-2/h10-12,14,19-20H,3-9H2,1-2H3;3H,1H2,2H3/t14-;/m0./s1. The molecule has 0 spiro atoms. The summed E-state index contributed by atoms with van der Waals surface area (Å²) >= 11 is 0. The molecule has 2 N–H and O–H groups in total. The number of phenols is 2. The second-order valence-corrected chi connectivity index (χ2v) is 6.41. The SMILES string of the molecule is C=CC.CCCCCc1cc(O)cc(O)c1[C@@H]1C=C(C)CCC1. The summed E-state index contributed by atoms with van der Waals surface area (Å²) < 4.78 is 0. The van der Waals surface area contributed by atoms with Crippen molar-refractivity contribution in [2.24, 2.45) is 0 Å². The molecule has 1 aliphatic rings. The van der Waals surface area contributed by atoms with Crippen molar-refractivity contribution in [3.63, 3.8) is 0 Å². The van der Waals surface area contributed by atoms with Gasteiger partial charge in [0.05, 0.1) is 0 Å². The third-order valence-corrected chi connectivity index (χ3v) is 4.22. The van der Waals surface area contributed by atoms with Gasteiger partial charge in [0, 0.05) is 17.5 Å². The molecule has 0 unspecified atom stereocenters. The van der Waals surface area contributed by atoms with E-state index in [9.17, 15) is 10.2 Å². The van der Waals surface area contributed by atoms with Gasteiger partial charge < -0.3 is 10.2 Å². The van der Waals surface area contributed by atoms with Gasteiger partial charge in [-0.15, -0.1) is 6.58 Å². The molecule has 1 atom stereocenters. The van der Waals surface area contributed by atoms with E-state index in [1.165, 1.54) is 37.3 Å². The molecule has 2 heteroatoms. The topological polar surface area (TPSA) is 40.5 Å².